The molecule has 1 aliphatic carbocycles. The molecule has 3 rings (SSSR count). The first-order chi connectivity index (χ1) is 8.74. The van der Waals surface area contributed by atoms with Crippen LogP contribution < -0.4 is 11.1 Å². The van der Waals surface area contributed by atoms with E-state index in [9.17, 15) is 4.79 Å². The fraction of sp³-hybridized carbons (Fsp3) is 0.462. The Morgan fingerprint density at radius 3 is 2.89 bits per heavy atom. The molecule has 1 amide bonds. The number of carbonyl (C=O) groups excluding carboxylic acids is 1. The molecule has 0 aromatic rings. The number of nitrogens with zero attached hydrogens (tertiary/aromatic N) is 1. The molecule has 0 spiro atoms. The van der Waals surface area contributed by atoms with Crippen LogP contribution in [0.3, 0.4) is 0 Å². The monoisotopic (exact) mass is 247 g/mol. The molecule has 1 fully saturated rings. The van der Waals surface area contributed by atoms with Gasteiger partial charge in [0, 0.05) is 37.8 Å². The highest BCUT2D eigenvalue weighted by molar-refractivity contribution is 5.90. The zero-order valence-electron chi connectivity index (χ0n) is 10.1. The van der Waals surface area contributed by atoms with Crippen LogP contribution in [0.4, 0.5) is 0 Å². The highest BCUT2D eigenvalue weighted by atomic mass is 16.5. The summed E-state index contributed by atoms with van der Waals surface area (Å²) in [6.45, 7) is 4.05. The van der Waals surface area contributed by atoms with Crippen molar-refractivity contribution < 1.29 is 9.53 Å². The molecule has 5 nitrogen and oxygen atoms in total. The average Bonchev–Trinajstić information content (AvgIpc) is 2.82. The number of nitrogens with one attached hydrogen (secondary N) is 1. The lowest BCUT2D eigenvalue weighted by molar-refractivity contribution is -0.117. The van der Waals surface area contributed by atoms with E-state index in [1.165, 1.54) is 5.70 Å². The second-order valence-electron chi connectivity index (χ2n) is 4.74. The van der Waals surface area contributed by atoms with Crippen molar-refractivity contribution in [1.82, 2.24) is 10.2 Å². The van der Waals surface area contributed by atoms with Crippen molar-refractivity contribution in [2.24, 2.45) is 11.7 Å². The van der Waals surface area contributed by atoms with Crippen LogP contribution in [-0.2, 0) is 9.53 Å². The van der Waals surface area contributed by atoms with Gasteiger partial charge in [-0.2, -0.15) is 0 Å². The largest absolute Gasteiger partial charge is 0.480 e. The summed E-state index contributed by atoms with van der Waals surface area (Å²) in [6.07, 6.45) is 7.99. The molecule has 2 heterocycles. The number of rotatable bonds is 2. The van der Waals surface area contributed by atoms with Gasteiger partial charge in [-0.15, -0.1) is 0 Å². The molecule has 0 radical (unpaired) electrons. The number of hydrogen-bond donors (Lipinski definition) is 2. The minimum Gasteiger partial charge on any atom is -0.480 e. The van der Waals surface area contributed by atoms with Gasteiger partial charge in [0.25, 0.3) is 5.91 Å². The summed E-state index contributed by atoms with van der Waals surface area (Å²) in [5.74, 6) is -0.0789. The maximum atomic E-state index is 11.1. The topological polar surface area (TPSA) is 67.6 Å². The zero-order chi connectivity index (χ0) is 12.5. The van der Waals surface area contributed by atoms with Gasteiger partial charge in [0.2, 0.25) is 0 Å². The summed E-state index contributed by atoms with van der Waals surface area (Å²) in [4.78, 5) is 13.4. The van der Waals surface area contributed by atoms with Crippen molar-refractivity contribution in [2.45, 2.75) is 6.10 Å². The Morgan fingerprint density at radius 2 is 2.17 bits per heavy atom. The van der Waals surface area contributed by atoms with E-state index in [2.05, 4.69) is 22.4 Å². The van der Waals surface area contributed by atoms with Gasteiger partial charge < -0.3 is 20.7 Å². The van der Waals surface area contributed by atoms with Crippen LogP contribution >= 0.6 is 0 Å². The smallest absolute Gasteiger partial charge is 0.283 e. The lowest BCUT2D eigenvalue weighted by atomic mass is 9.96. The fourth-order valence-corrected chi connectivity index (χ4v) is 2.56. The third-order valence-electron chi connectivity index (χ3n) is 3.53. The van der Waals surface area contributed by atoms with Gasteiger partial charge >= 0.3 is 0 Å². The van der Waals surface area contributed by atoms with E-state index in [0.717, 1.165) is 26.2 Å². The second-order valence-corrected chi connectivity index (χ2v) is 4.74. The number of carbonyl (C=O) groups is 1. The number of fused-ring (bicyclic) bond motifs is 1. The zero-order valence-corrected chi connectivity index (χ0v) is 10.1. The molecule has 2 atom stereocenters. The summed E-state index contributed by atoms with van der Waals surface area (Å²) < 4.78 is 5.49. The molecular weight excluding hydrogens is 230 g/mol. The van der Waals surface area contributed by atoms with Crippen molar-refractivity contribution in [3.05, 3.63) is 35.8 Å². The molecule has 3 N–H and O–H groups in total. The van der Waals surface area contributed by atoms with Crippen molar-refractivity contribution in [1.29, 1.82) is 0 Å². The van der Waals surface area contributed by atoms with Gasteiger partial charge in [0.05, 0.1) is 0 Å². The lowest BCUT2D eigenvalue weighted by Crippen LogP contribution is -2.43. The highest BCUT2D eigenvalue weighted by Gasteiger charge is 2.31. The molecule has 1 saturated heterocycles. The standard InChI is InChI=1S/C13H17N3O2/c14-13(17)12-8-9-7-10(1-2-11(9)18-12)16-5-3-15-4-6-16/h1-2,7-9,11,15H,3-6H2,(H2,14,17). The molecule has 0 saturated carbocycles. The molecule has 2 aliphatic heterocycles. The molecule has 0 aromatic carbocycles. The van der Waals surface area contributed by atoms with Crippen LogP contribution in [-0.4, -0.2) is 43.1 Å². The average molecular weight is 247 g/mol. The number of nitrogens with two attached hydrogens (primary N) is 1. The quantitative estimate of drug-likeness (QED) is 0.705. The summed E-state index contributed by atoms with van der Waals surface area (Å²) in [5.41, 5.74) is 6.45. The third-order valence-corrected chi connectivity index (χ3v) is 3.53. The molecule has 2 unspecified atom stereocenters. The molecule has 3 aliphatic rings. The number of allylic oxidation sites excluding steroid dienone is 1. The van der Waals surface area contributed by atoms with Gasteiger partial charge in [0.15, 0.2) is 5.76 Å². The van der Waals surface area contributed by atoms with E-state index >= 15 is 0 Å². The summed E-state index contributed by atoms with van der Waals surface area (Å²) in [7, 11) is 0. The highest BCUT2D eigenvalue weighted by Crippen LogP contribution is 2.30. The summed E-state index contributed by atoms with van der Waals surface area (Å²) in [6, 6.07) is 0. The first-order valence-electron chi connectivity index (χ1n) is 6.28. The van der Waals surface area contributed by atoms with E-state index in [-0.39, 0.29) is 17.8 Å². The lowest BCUT2D eigenvalue weighted by Gasteiger charge is -2.32. The van der Waals surface area contributed by atoms with Crippen LogP contribution in [0.5, 0.6) is 0 Å². The predicted molar refractivity (Wildman–Crippen MR) is 67.3 cm³/mol. The predicted octanol–water partition coefficient (Wildman–Crippen LogP) is -0.271. The van der Waals surface area contributed by atoms with Crippen molar-refractivity contribution >= 4 is 5.91 Å². The number of primary amides is 1. The minimum absolute atomic E-state index is 0.0702. The molecule has 0 aromatic heterocycles. The maximum Gasteiger partial charge on any atom is 0.283 e. The van der Waals surface area contributed by atoms with Crippen molar-refractivity contribution in [3.63, 3.8) is 0 Å². The third kappa shape index (κ3) is 2.01. The van der Waals surface area contributed by atoms with E-state index in [1.807, 2.05) is 12.2 Å². The van der Waals surface area contributed by atoms with Crippen molar-refractivity contribution in [3.8, 4) is 0 Å². The van der Waals surface area contributed by atoms with E-state index < -0.39 is 5.91 Å². The number of hydrogen-bond acceptors (Lipinski definition) is 4. The van der Waals surface area contributed by atoms with Gasteiger partial charge in [-0.05, 0) is 24.3 Å². The van der Waals surface area contributed by atoms with E-state index in [1.54, 1.807) is 0 Å². The van der Waals surface area contributed by atoms with E-state index in [0.29, 0.717) is 0 Å². The van der Waals surface area contributed by atoms with Gasteiger partial charge in [-0.1, -0.05) is 0 Å². The molecule has 18 heavy (non-hydrogen) atoms. The Balaban J connectivity index is 1.77. The number of piperazine rings is 1. The first-order valence-corrected chi connectivity index (χ1v) is 6.28. The van der Waals surface area contributed by atoms with Crippen molar-refractivity contribution in [2.75, 3.05) is 26.2 Å². The molecule has 5 heteroatoms. The minimum atomic E-state index is -0.491. The number of ether oxygens (including phenoxy) is 1. The maximum absolute atomic E-state index is 11.1. The first kappa shape index (κ1) is 11.3. The summed E-state index contributed by atoms with van der Waals surface area (Å²) in [5, 5.41) is 3.33. The van der Waals surface area contributed by atoms with Crippen LogP contribution in [0, 0.1) is 5.92 Å². The molecule has 0 bridgehead atoms. The Morgan fingerprint density at radius 1 is 1.39 bits per heavy atom. The normalized spacial score (nSPS) is 30.3. The Labute approximate surface area is 106 Å². The van der Waals surface area contributed by atoms with Crippen LogP contribution in [0.1, 0.15) is 0 Å². The molecule has 96 valence electrons. The Hall–Kier alpha value is -1.75. The van der Waals surface area contributed by atoms with Crippen LogP contribution in [0.25, 0.3) is 0 Å². The van der Waals surface area contributed by atoms with Gasteiger partial charge in [-0.3, -0.25) is 4.79 Å². The van der Waals surface area contributed by atoms with E-state index in [4.69, 9.17) is 10.5 Å². The van der Waals surface area contributed by atoms with Gasteiger partial charge in [-0.25, -0.2) is 0 Å². The fourth-order valence-electron chi connectivity index (χ4n) is 2.56. The van der Waals surface area contributed by atoms with Gasteiger partial charge in [0.1, 0.15) is 6.10 Å². The molecular formula is C13H17N3O2. The Bertz CT molecular complexity index is 447. The van der Waals surface area contributed by atoms with Crippen LogP contribution in [0.15, 0.2) is 35.8 Å². The second kappa shape index (κ2) is 4.49. The summed E-state index contributed by atoms with van der Waals surface area (Å²) >= 11 is 0. The SMILES string of the molecule is NC(=O)C1=CC2C=C(N3CCNCC3)C=CC2O1. The Kier molecular flexibility index (Phi) is 2.83. The van der Waals surface area contributed by atoms with Crippen LogP contribution in [0.2, 0.25) is 0 Å². The number of amides is 1.